The van der Waals surface area contributed by atoms with Crippen LogP contribution in [0.4, 0.5) is 25.0 Å². The summed E-state index contributed by atoms with van der Waals surface area (Å²) in [6.45, 7) is 0.921. The highest BCUT2D eigenvalue weighted by molar-refractivity contribution is 5.99. The fourth-order valence-electron chi connectivity index (χ4n) is 3.00. The van der Waals surface area contributed by atoms with E-state index in [1.165, 1.54) is 18.2 Å². The van der Waals surface area contributed by atoms with E-state index in [1.807, 2.05) is 18.4 Å². The van der Waals surface area contributed by atoms with Crippen LogP contribution in [0, 0.1) is 13.8 Å². The SMILES string of the molecule is Cc1ncn(-c2ccc(Oc3ccc(NC(=O)Nc4cccc(OC(F)F)c4)cc3)nn2)c1C. The first-order valence-corrected chi connectivity index (χ1v) is 10.1. The zero-order valence-corrected chi connectivity index (χ0v) is 18.2. The van der Waals surface area contributed by atoms with E-state index in [-0.39, 0.29) is 5.75 Å². The first-order valence-electron chi connectivity index (χ1n) is 10.1. The molecule has 0 aliphatic carbocycles. The lowest BCUT2D eigenvalue weighted by Crippen LogP contribution is -2.19. The second-order valence-corrected chi connectivity index (χ2v) is 7.13. The van der Waals surface area contributed by atoms with E-state index in [0.717, 1.165) is 11.4 Å². The number of amides is 2. The van der Waals surface area contributed by atoms with Gasteiger partial charge in [0, 0.05) is 29.2 Å². The van der Waals surface area contributed by atoms with Crippen LogP contribution in [0.1, 0.15) is 11.4 Å². The Balaban J connectivity index is 1.33. The Bertz CT molecular complexity index is 1280. The lowest BCUT2D eigenvalue weighted by Gasteiger charge is -2.10. The molecule has 0 saturated heterocycles. The predicted octanol–water partition coefficient (Wildman–Crippen LogP) is 5.32. The Morgan fingerprint density at radius 1 is 0.941 bits per heavy atom. The number of benzene rings is 2. The molecule has 0 radical (unpaired) electrons. The van der Waals surface area contributed by atoms with Crippen LogP contribution >= 0.6 is 0 Å². The van der Waals surface area contributed by atoms with Crippen LogP contribution in [0.3, 0.4) is 0 Å². The summed E-state index contributed by atoms with van der Waals surface area (Å²) in [4.78, 5) is 16.4. The Morgan fingerprint density at radius 2 is 1.71 bits per heavy atom. The first-order chi connectivity index (χ1) is 16.4. The van der Waals surface area contributed by atoms with Crippen molar-refractivity contribution >= 4 is 17.4 Å². The summed E-state index contributed by atoms with van der Waals surface area (Å²) in [6.07, 6.45) is 1.69. The van der Waals surface area contributed by atoms with Crippen LogP contribution in [0.25, 0.3) is 5.82 Å². The number of urea groups is 1. The Hall–Kier alpha value is -4.54. The minimum absolute atomic E-state index is 0.0549. The maximum atomic E-state index is 12.3. The minimum atomic E-state index is -2.95. The molecule has 4 rings (SSSR count). The molecule has 0 spiro atoms. The largest absolute Gasteiger partial charge is 0.438 e. The minimum Gasteiger partial charge on any atom is -0.438 e. The maximum Gasteiger partial charge on any atom is 0.387 e. The van der Waals surface area contributed by atoms with E-state index >= 15 is 0 Å². The number of aryl methyl sites for hydroxylation is 1. The van der Waals surface area contributed by atoms with Gasteiger partial charge in [0.25, 0.3) is 0 Å². The molecule has 2 aromatic carbocycles. The normalized spacial score (nSPS) is 10.7. The molecule has 0 unspecified atom stereocenters. The Kier molecular flexibility index (Phi) is 6.62. The topological polar surface area (TPSA) is 103 Å². The van der Waals surface area contributed by atoms with E-state index in [9.17, 15) is 13.6 Å². The highest BCUT2D eigenvalue weighted by Gasteiger charge is 2.09. The molecular weight excluding hydrogens is 446 g/mol. The van der Waals surface area contributed by atoms with Crippen LogP contribution in [-0.2, 0) is 0 Å². The second-order valence-electron chi connectivity index (χ2n) is 7.13. The van der Waals surface area contributed by atoms with E-state index in [0.29, 0.717) is 28.8 Å². The molecule has 4 aromatic rings. The number of imidazole rings is 1. The van der Waals surface area contributed by atoms with Crippen LogP contribution in [0.2, 0.25) is 0 Å². The van der Waals surface area contributed by atoms with E-state index < -0.39 is 12.6 Å². The molecule has 2 amide bonds. The number of alkyl halides is 2. The van der Waals surface area contributed by atoms with Crippen molar-refractivity contribution in [3.8, 4) is 23.2 Å². The number of nitrogens with zero attached hydrogens (tertiary/aromatic N) is 4. The summed E-state index contributed by atoms with van der Waals surface area (Å²) in [5.41, 5.74) is 2.69. The number of halogens is 2. The Morgan fingerprint density at radius 3 is 2.35 bits per heavy atom. The average molecular weight is 466 g/mol. The van der Waals surface area contributed by atoms with E-state index in [2.05, 4.69) is 30.6 Å². The zero-order chi connectivity index (χ0) is 24.1. The number of hydrogen-bond acceptors (Lipinski definition) is 6. The van der Waals surface area contributed by atoms with Crippen LogP contribution in [0.15, 0.2) is 67.0 Å². The highest BCUT2D eigenvalue weighted by Crippen LogP contribution is 2.23. The summed E-state index contributed by atoms with van der Waals surface area (Å²) >= 11 is 0. The number of ether oxygens (including phenoxy) is 2. The average Bonchev–Trinajstić information content (AvgIpc) is 3.14. The summed E-state index contributed by atoms with van der Waals surface area (Å²) in [5, 5.41) is 13.5. The molecule has 0 fully saturated rings. The van der Waals surface area contributed by atoms with Crippen molar-refractivity contribution in [3.63, 3.8) is 0 Å². The van der Waals surface area contributed by atoms with Gasteiger partial charge >= 0.3 is 12.6 Å². The number of nitrogens with one attached hydrogen (secondary N) is 2. The van der Waals surface area contributed by atoms with Gasteiger partial charge in [0.2, 0.25) is 5.88 Å². The lowest BCUT2D eigenvalue weighted by molar-refractivity contribution is -0.0498. The lowest BCUT2D eigenvalue weighted by atomic mass is 10.3. The number of carbonyl (C=O) groups is 1. The third-order valence-corrected chi connectivity index (χ3v) is 4.78. The van der Waals surface area contributed by atoms with Crippen molar-refractivity contribution < 1.29 is 23.0 Å². The molecule has 2 N–H and O–H groups in total. The molecule has 0 atom stereocenters. The van der Waals surface area contributed by atoms with Crippen LogP contribution in [-0.4, -0.2) is 32.4 Å². The van der Waals surface area contributed by atoms with Gasteiger partial charge in [0.1, 0.15) is 17.8 Å². The highest BCUT2D eigenvalue weighted by atomic mass is 19.3. The Labute approximate surface area is 193 Å². The molecule has 2 heterocycles. The van der Waals surface area contributed by atoms with Gasteiger partial charge < -0.3 is 20.1 Å². The van der Waals surface area contributed by atoms with Gasteiger partial charge in [0.05, 0.1) is 5.69 Å². The predicted molar refractivity (Wildman–Crippen MR) is 121 cm³/mol. The van der Waals surface area contributed by atoms with Gasteiger partial charge in [-0.3, -0.25) is 4.57 Å². The molecule has 0 aliphatic rings. The van der Waals surface area contributed by atoms with E-state index in [4.69, 9.17) is 4.74 Å². The first kappa shape index (κ1) is 22.6. The van der Waals surface area contributed by atoms with Gasteiger partial charge in [0.15, 0.2) is 5.82 Å². The van der Waals surface area contributed by atoms with Gasteiger partial charge in [-0.1, -0.05) is 6.07 Å². The van der Waals surface area contributed by atoms with Gasteiger partial charge in [-0.15, -0.1) is 10.2 Å². The number of anilines is 2. The molecule has 34 heavy (non-hydrogen) atoms. The number of rotatable bonds is 7. The summed E-state index contributed by atoms with van der Waals surface area (Å²) in [6, 6.07) is 15.2. The summed E-state index contributed by atoms with van der Waals surface area (Å²) < 4.78 is 36.5. The molecule has 0 aliphatic heterocycles. The molecule has 11 heteroatoms. The second kappa shape index (κ2) is 9.94. The smallest absolute Gasteiger partial charge is 0.387 e. The van der Waals surface area contributed by atoms with Crippen molar-refractivity contribution in [2.24, 2.45) is 0 Å². The van der Waals surface area contributed by atoms with Crippen molar-refractivity contribution in [1.29, 1.82) is 0 Å². The van der Waals surface area contributed by atoms with Gasteiger partial charge in [-0.05, 0) is 56.3 Å². The maximum absolute atomic E-state index is 12.3. The molecule has 0 bridgehead atoms. The third kappa shape index (κ3) is 5.63. The fraction of sp³-hybridized carbons (Fsp3) is 0.130. The standard InChI is InChI=1S/C23H20F2N6O3/c1-14-15(2)31(13-26-14)20-10-11-21(30-29-20)33-18-8-6-16(7-9-18)27-23(32)28-17-4-3-5-19(12-17)34-22(24)25/h3-13,22H,1-2H3,(H2,27,28,32). The number of carbonyl (C=O) groups excluding carboxylic acids is 1. The van der Waals surface area contributed by atoms with E-state index in [1.54, 1.807) is 48.8 Å². The van der Waals surface area contributed by atoms with Crippen molar-refractivity contribution in [1.82, 2.24) is 19.7 Å². The molecule has 0 saturated carbocycles. The molecule has 174 valence electrons. The summed E-state index contributed by atoms with van der Waals surface area (Å²) in [7, 11) is 0. The third-order valence-electron chi connectivity index (χ3n) is 4.78. The fourth-order valence-corrected chi connectivity index (χ4v) is 3.00. The van der Waals surface area contributed by atoms with Crippen molar-refractivity contribution in [2.75, 3.05) is 10.6 Å². The molecule has 9 nitrogen and oxygen atoms in total. The molecule has 2 aromatic heterocycles. The monoisotopic (exact) mass is 466 g/mol. The number of aromatic nitrogens is 4. The summed E-state index contributed by atoms with van der Waals surface area (Å²) in [5.74, 6) is 1.38. The number of hydrogen-bond donors (Lipinski definition) is 2. The van der Waals surface area contributed by atoms with Crippen molar-refractivity contribution in [3.05, 3.63) is 78.4 Å². The molecular formula is C23H20F2N6O3. The van der Waals surface area contributed by atoms with Gasteiger partial charge in [-0.25, -0.2) is 9.78 Å². The quantitative estimate of drug-likeness (QED) is 0.382. The zero-order valence-electron chi connectivity index (χ0n) is 18.2. The van der Waals surface area contributed by atoms with Gasteiger partial charge in [-0.2, -0.15) is 8.78 Å². The van der Waals surface area contributed by atoms with Crippen LogP contribution < -0.4 is 20.1 Å². The van der Waals surface area contributed by atoms with Crippen LogP contribution in [0.5, 0.6) is 17.4 Å². The van der Waals surface area contributed by atoms with Crippen molar-refractivity contribution in [2.45, 2.75) is 20.5 Å².